The van der Waals surface area contributed by atoms with E-state index < -0.39 is 0 Å². The number of fused-ring (bicyclic) bond motifs is 1. The molecule has 0 bridgehead atoms. The van der Waals surface area contributed by atoms with Crippen molar-refractivity contribution >= 4 is 11.8 Å². The first-order chi connectivity index (χ1) is 13.6. The maximum atomic E-state index is 13.0. The highest BCUT2D eigenvalue weighted by molar-refractivity contribution is 5.92. The maximum absolute atomic E-state index is 13.0. The minimum absolute atomic E-state index is 0.0377. The molecule has 3 heterocycles. The third kappa shape index (κ3) is 3.52. The number of methoxy groups -OCH3 is 1. The van der Waals surface area contributed by atoms with Crippen LogP contribution in [0.3, 0.4) is 0 Å². The van der Waals surface area contributed by atoms with E-state index in [0.717, 1.165) is 24.8 Å². The van der Waals surface area contributed by atoms with E-state index >= 15 is 0 Å². The highest BCUT2D eigenvalue weighted by atomic mass is 16.5. The second-order valence-electron chi connectivity index (χ2n) is 7.49. The summed E-state index contributed by atoms with van der Waals surface area (Å²) in [6.07, 6.45) is 8.20. The van der Waals surface area contributed by atoms with Crippen LogP contribution in [-0.4, -0.2) is 58.2 Å². The van der Waals surface area contributed by atoms with Crippen molar-refractivity contribution in [3.05, 3.63) is 48.1 Å². The number of carbonyl (C=O) groups is 2. The van der Waals surface area contributed by atoms with Crippen molar-refractivity contribution in [3.8, 4) is 0 Å². The summed E-state index contributed by atoms with van der Waals surface area (Å²) in [4.78, 5) is 31.3. The van der Waals surface area contributed by atoms with Crippen LogP contribution in [0, 0.1) is 0 Å². The summed E-state index contributed by atoms with van der Waals surface area (Å²) in [7, 11) is 1.72. The van der Waals surface area contributed by atoms with Crippen LogP contribution in [0.2, 0.25) is 0 Å². The molecule has 1 N–H and O–H groups in total. The summed E-state index contributed by atoms with van der Waals surface area (Å²) >= 11 is 0. The molecule has 3 atom stereocenters. The summed E-state index contributed by atoms with van der Waals surface area (Å²) < 4.78 is 10.7. The van der Waals surface area contributed by atoms with Gasteiger partial charge in [-0.05, 0) is 37.3 Å². The zero-order valence-corrected chi connectivity index (χ0v) is 15.8. The zero-order valence-electron chi connectivity index (χ0n) is 15.8. The third-order valence-electron chi connectivity index (χ3n) is 5.99. The molecule has 0 radical (unpaired) electrons. The highest BCUT2D eigenvalue weighted by Crippen LogP contribution is 2.42. The van der Waals surface area contributed by atoms with Gasteiger partial charge in [-0.25, -0.2) is 0 Å². The predicted molar refractivity (Wildman–Crippen MR) is 99.4 cm³/mol. The van der Waals surface area contributed by atoms with Crippen molar-refractivity contribution in [2.45, 2.75) is 49.8 Å². The van der Waals surface area contributed by atoms with Gasteiger partial charge >= 0.3 is 0 Å². The van der Waals surface area contributed by atoms with Gasteiger partial charge in [0.15, 0.2) is 5.69 Å². The molecular formula is C20H24N4O4. The zero-order chi connectivity index (χ0) is 19.6. The fourth-order valence-corrected chi connectivity index (χ4v) is 4.49. The first kappa shape index (κ1) is 18.6. The van der Waals surface area contributed by atoms with Gasteiger partial charge in [0.05, 0.1) is 18.1 Å². The van der Waals surface area contributed by atoms with Gasteiger partial charge in [0, 0.05) is 38.2 Å². The van der Waals surface area contributed by atoms with Crippen molar-refractivity contribution in [2.75, 3.05) is 13.7 Å². The number of rotatable bonds is 5. The number of nitrogens with one attached hydrogen (secondary N) is 1. The van der Waals surface area contributed by atoms with Gasteiger partial charge in [-0.2, -0.15) is 0 Å². The van der Waals surface area contributed by atoms with Crippen molar-refractivity contribution in [2.24, 2.45) is 0 Å². The third-order valence-corrected chi connectivity index (χ3v) is 5.99. The summed E-state index contributed by atoms with van der Waals surface area (Å²) in [5.74, 6) is -0.185. The maximum Gasteiger partial charge on any atom is 0.273 e. The second-order valence-corrected chi connectivity index (χ2v) is 7.49. The lowest BCUT2D eigenvalue weighted by atomic mass is 9.78. The Kier molecular flexibility index (Phi) is 5.13. The molecule has 2 aliphatic rings. The highest BCUT2D eigenvalue weighted by Gasteiger charge is 2.52. The molecule has 8 nitrogen and oxygen atoms in total. The number of hydrogen-bond acceptors (Lipinski definition) is 6. The van der Waals surface area contributed by atoms with Crippen LogP contribution < -0.4 is 5.32 Å². The van der Waals surface area contributed by atoms with E-state index in [4.69, 9.17) is 9.26 Å². The summed E-state index contributed by atoms with van der Waals surface area (Å²) in [6, 6.07) is 5.19. The van der Waals surface area contributed by atoms with Crippen LogP contribution in [0.5, 0.6) is 0 Å². The Bertz CT molecular complexity index is 826. The first-order valence-electron chi connectivity index (χ1n) is 9.56. The van der Waals surface area contributed by atoms with Gasteiger partial charge in [0.1, 0.15) is 6.26 Å². The molecule has 0 spiro atoms. The van der Waals surface area contributed by atoms with Crippen LogP contribution >= 0.6 is 0 Å². The average Bonchev–Trinajstić information content (AvgIpc) is 3.37. The van der Waals surface area contributed by atoms with E-state index in [2.05, 4.69) is 15.5 Å². The number of ether oxygens (including phenoxy) is 1. The van der Waals surface area contributed by atoms with Gasteiger partial charge in [0.2, 0.25) is 5.91 Å². The molecule has 2 fully saturated rings. The normalized spacial score (nSPS) is 26.7. The van der Waals surface area contributed by atoms with Crippen LogP contribution in [-0.2, 0) is 16.0 Å². The fraction of sp³-hybridized carbons (Fsp3) is 0.500. The smallest absolute Gasteiger partial charge is 0.273 e. The molecule has 0 unspecified atom stereocenters. The predicted octanol–water partition coefficient (Wildman–Crippen LogP) is 1.58. The molecule has 4 rings (SSSR count). The summed E-state index contributed by atoms with van der Waals surface area (Å²) in [6.45, 7) is 0.668. The topological polar surface area (TPSA) is 97.6 Å². The lowest BCUT2D eigenvalue weighted by Gasteiger charge is -2.43. The number of likely N-dealkylation sites (tertiary alicyclic amines) is 1. The average molecular weight is 384 g/mol. The minimum Gasteiger partial charge on any atom is -0.376 e. The Labute approximate surface area is 163 Å². The molecule has 2 amide bonds. The van der Waals surface area contributed by atoms with Gasteiger partial charge in [-0.15, -0.1) is 0 Å². The molecule has 2 aromatic heterocycles. The Morgan fingerprint density at radius 2 is 2.29 bits per heavy atom. The van der Waals surface area contributed by atoms with Crippen molar-refractivity contribution in [1.29, 1.82) is 0 Å². The lowest BCUT2D eigenvalue weighted by molar-refractivity contribution is -0.136. The fourth-order valence-electron chi connectivity index (χ4n) is 4.49. The molecule has 148 valence electrons. The van der Waals surface area contributed by atoms with Crippen molar-refractivity contribution in [3.63, 3.8) is 0 Å². The molecule has 1 aliphatic carbocycles. The Morgan fingerprint density at radius 1 is 1.39 bits per heavy atom. The number of amides is 2. The van der Waals surface area contributed by atoms with E-state index in [1.165, 1.54) is 12.3 Å². The molecule has 1 saturated heterocycles. The summed E-state index contributed by atoms with van der Waals surface area (Å²) in [5.41, 5.74) is 0.827. The van der Waals surface area contributed by atoms with E-state index in [0.29, 0.717) is 19.4 Å². The van der Waals surface area contributed by atoms with Gasteiger partial charge in [0.25, 0.3) is 5.91 Å². The van der Waals surface area contributed by atoms with Crippen LogP contribution in [0.15, 0.2) is 41.4 Å². The number of carbonyl (C=O) groups excluding carboxylic acids is 2. The van der Waals surface area contributed by atoms with Gasteiger partial charge in [-0.3, -0.25) is 14.6 Å². The second kappa shape index (κ2) is 7.71. The van der Waals surface area contributed by atoms with Crippen LogP contribution in [0.1, 0.15) is 41.7 Å². The molecule has 2 aromatic rings. The Hall–Kier alpha value is -2.74. The Balaban J connectivity index is 1.46. The molecule has 1 saturated carbocycles. The minimum atomic E-state index is -0.334. The van der Waals surface area contributed by atoms with Gasteiger partial charge < -0.3 is 19.5 Å². The molecule has 0 aromatic carbocycles. The largest absolute Gasteiger partial charge is 0.376 e. The Morgan fingerprint density at radius 3 is 3.00 bits per heavy atom. The quantitative estimate of drug-likeness (QED) is 0.841. The molecule has 1 aliphatic heterocycles. The SMILES string of the molecule is CO[C@@]12CC[C@@H](NC(=O)c3ccon3)C[C@@H]1N(C(=O)Cc1cccnc1)CC2. The summed E-state index contributed by atoms with van der Waals surface area (Å²) in [5, 5.41) is 6.71. The van der Waals surface area contributed by atoms with E-state index in [1.54, 1.807) is 19.5 Å². The van der Waals surface area contributed by atoms with E-state index in [-0.39, 0.29) is 35.2 Å². The van der Waals surface area contributed by atoms with Crippen LogP contribution in [0.4, 0.5) is 0 Å². The van der Waals surface area contributed by atoms with Crippen LogP contribution in [0.25, 0.3) is 0 Å². The molecular weight excluding hydrogens is 360 g/mol. The first-order valence-corrected chi connectivity index (χ1v) is 9.56. The molecule has 28 heavy (non-hydrogen) atoms. The number of nitrogens with zero attached hydrogens (tertiary/aromatic N) is 3. The van der Waals surface area contributed by atoms with E-state index in [9.17, 15) is 9.59 Å². The number of pyridine rings is 1. The molecule has 8 heteroatoms. The van der Waals surface area contributed by atoms with Crippen molar-refractivity contribution in [1.82, 2.24) is 20.4 Å². The standard InChI is InChI=1S/C20H24N4O4/c1-27-20-6-4-15(22-19(26)16-5-10-28-23-16)12-17(20)24(9-7-20)18(25)11-14-3-2-8-21-13-14/h2-3,5,8,10,13,15,17H,4,6-7,9,11-12H2,1H3,(H,22,26)/t15-,17+,20-/m1/s1. The van der Waals surface area contributed by atoms with Gasteiger partial charge in [-0.1, -0.05) is 11.2 Å². The number of hydrogen-bond donors (Lipinski definition) is 1. The lowest BCUT2D eigenvalue weighted by Crippen LogP contribution is -2.56. The monoisotopic (exact) mass is 384 g/mol. The number of aromatic nitrogens is 2. The van der Waals surface area contributed by atoms with Crippen molar-refractivity contribution < 1.29 is 18.8 Å². The van der Waals surface area contributed by atoms with E-state index in [1.807, 2.05) is 17.0 Å².